The van der Waals surface area contributed by atoms with E-state index < -0.39 is 17.9 Å². The minimum absolute atomic E-state index is 0.106. The molecule has 1 saturated heterocycles. The number of carbonyl (C=O) groups excluding carboxylic acids is 1. The van der Waals surface area contributed by atoms with Crippen molar-refractivity contribution in [3.63, 3.8) is 0 Å². The zero-order chi connectivity index (χ0) is 20.9. The van der Waals surface area contributed by atoms with Crippen LogP contribution in [0.5, 0.6) is 0 Å². The Labute approximate surface area is 164 Å². The summed E-state index contributed by atoms with van der Waals surface area (Å²) in [6.45, 7) is 5.74. The summed E-state index contributed by atoms with van der Waals surface area (Å²) >= 11 is 0. The van der Waals surface area contributed by atoms with Gasteiger partial charge in [-0.05, 0) is 31.7 Å². The molecule has 1 fully saturated rings. The Morgan fingerprint density at radius 2 is 2.03 bits per heavy atom. The van der Waals surface area contributed by atoms with Crippen LogP contribution >= 0.6 is 0 Å². The van der Waals surface area contributed by atoms with Crippen LogP contribution < -0.4 is 0 Å². The van der Waals surface area contributed by atoms with Crippen molar-refractivity contribution in [3.05, 3.63) is 46.7 Å². The molecule has 0 N–H and O–H groups in total. The molecule has 3 aromatic rings. The molecule has 0 saturated carbocycles. The fraction of sp³-hybridized carbons (Fsp3) is 0.474. The maximum atomic E-state index is 13.6. The fourth-order valence-electron chi connectivity index (χ4n) is 3.60. The molecule has 154 valence electrons. The number of alkyl halides is 3. The van der Waals surface area contributed by atoms with Crippen LogP contribution in [-0.4, -0.2) is 37.1 Å². The molecule has 0 radical (unpaired) electrons. The smallest absolute Gasteiger partial charge is 0.351 e. The van der Waals surface area contributed by atoms with Gasteiger partial charge in [-0.15, -0.1) is 0 Å². The molecule has 0 bridgehead atoms. The van der Waals surface area contributed by atoms with Crippen LogP contribution in [0, 0.1) is 6.92 Å². The molecule has 29 heavy (non-hydrogen) atoms. The highest BCUT2D eigenvalue weighted by molar-refractivity contribution is 5.92. The second-order valence-corrected chi connectivity index (χ2v) is 7.55. The van der Waals surface area contributed by atoms with Crippen molar-refractivity contribution in [2.24, 2.45) is 0 Å². The molecule has 10 heteroatoms. The van der Waals surface area contributed by atoms with Crippen molar-refractivity contribution >= 4 is 11.6 Å². The number of amides is 1. The Hall–Kier alpha value is -2.91. The Bertz CT molecular complexity index is 1070. The van der Waals surface area contributed by atoms with Crippen LogP contribution in [0.4, 0.5) is 13.2 Å². The first-order valence-electron chi connectivity index (χ1n) is 9.37. The summed E-state index contributed by atoms with van der Waals surface area (Å²) in [4.78, 5) is 18.7. The number of aryl methyl sites for hydroxylation is 1. The van der Waals surface area contributed by atoms with E-state index in [1.165, 1.54) is 6.07 Å². The first-order chi connectivity index (χ1) is 13.6. The third-order valence-corrected chi connectivity index (χ3v) is 5.04. The van der Waals surface area contributed by atoms with E-state index in [9.17, 15) is 18.0 Å². The number of hydrogen-bond acceptors (Lipinski definition) is 5. The van der Waals surface area contributed by atoms with Crippen molar-refractivity contribution in [3.8, 4) is 0 Å². The third-order valence-electron chi connectivity index (χ3n) is 5.04. The van der Waals surface area contributed by atoms with Gasteiger partial charge in [0.2, 0.25) is 5.76 Å². The van der Waals surface area contributed by atoms with Crippen molar-refractivity contribution in [2.75, 3.05) is 6.54 Å². The van der Waals surface area contributed by atoms with E-state index in [2.05, 4.69) is 15.2 Å². The molecule has 0 aliphatic carbocycles. The van der Waals surface area contributed by atoms with Crippen molar-refractivity contribution in [2.45, 2.75) is 51.7 Å². The van der Waals surface area contributed by atoms with Gasteiger partial charge in [-0.3, -0.25) is 4.79 Å². The van der Waals surface area contributed by atoms with Crippen molar-refractivity contribution in [1.29, 1.82) is 0 Å². The predicted octanol–water partition coefficient (Wildman–Crippen LogP) is 4.15. The van der Waals surface area contributed by atoms with Gasteiger partial charge in [-0.25, -0.2) is 9.50 Å². The van der Waals surface area contributed by atoms with E-state index in [0.717, 1.165) is 10.6 Å². The summed E-state index contributed by atoms with van der Waals surface area (Å²) in [6, 6.07) is 3.66. The summed E-state index contributed by atoms with van der Waals surface area (Å²) in [5.74, 6) is -0.412. The molecule has 1 amide bonds. The monoisotopic (exact) mass is 407 g/mol. The van der Waals surface area contributed by atoms with Crippen LogP contribution in [0.2, 0.25) is 0 Å². The lowest BCUT2D eigenvalue weighted by molar-refractivity contribution is -0.142. The highest BCUT2D eigenvalue weighted by Crippen LogP contribution is 2.35. The zero-order valence-electron chi connectivity index (χ0n) is 16.2. The summed E-state index contributed by atoms with van der Waals surface area (Å²) in [6.07, 6.45) is -3.26. The number of halogens is 3. The van der Waals surface area contributed by atoms with E-state index in [4.69, 9.17) is 4.52 Å². The molecular formula is C19H20F3N5O2. The predicted molar refractivity (Wildman–Crippen MR) is 96.3 cm³/mol. The molecule has 4 rings (SSSR count). The van der Waals surface area contributed by atoms with Gasteiger partial charge in [0.25, 0.3) is 5.91 Å². The summed E-state index contributed by atoms with van der Waals surface area (Å²) in [7, 11) is 0. The largest absolute Gasteiger partial charge is 0.433 e. The number of hydrogen-bond donors (Lipinski definition) is 0. The lowest BCUT2D eigenvalue weighted by Crippen LogP contribution is -2.30. The van der Waals surface area contributed by atoms with E-state index in [1.807, 2.05) is 0 Å². The Kier molecular flexibility index (Phi) is 4.59. The molecule has 1 aliphatic heterocycles. The molecule has 4 heterocycles. The quantitative estimate of drug-likeness (QED) is 0.652. The number of rotatable bonds is 3. The molecule has 0 aromatic carbocycles. The number of aromatic nitrogens is 4. The van der Waals surface area contributed by atoms with Gasteiger partial charge in [-0.2, -0.15) is 18.3 Å². The first kappa shape index (κ1) is 19.4. The number of likely N-dealkylation sites (tertiary alicyclic amines) is 1. The molecule has 7 nitrogen and oxygen atoms in total. The minimum Gasteiger partial charge on any atom is -0.351 e. The highest BCUT2D eigenvalue weighted by Gasteiger charge is 2.38. The second kappa shape index (κ2) is 6.85. The SMILES string of the molecule is Cc1cc(C(=O)N2CCCC2c2cc3nc(C(C)C)cc(C(F)(F)F)n3n2)on1. The van der Waals surface area contributed by atoms with Crippen LogP contribution in [0.1, 0.15) is 72.0 Å². The molecular weight excluding hydrogens is 387 g/mol. The molecule has 1 atom stereocenters. The molecule has 0 spiro atoms. The summed E-state index contributed by atoms with van der Waals surface area (Å²) in [5.41, 5.74) is 0.545. The van der Waals surface area contributed by atoms with Gasteiger partial charge in [0.05, 0.1) is 17.4 Å². The molecule has 1 unspecified atom stereocenters. The van der Waals surface area contributed by atoms with Gasteiger partial charge in [0.15, 0.2) is 5.65 Å². The minimum atomic E-state index is -4.57. The lowest BCUT2D eigenvalue weighted by atomic mass is 10.1. The van der Waals surface area contributed by atoms with Gasteiger partial charge in [0.1, 0.15) is 5.69 Å². The van der Waals surface area contributed by atoms with Crippen molar-refractivity contribution < 1.29 is 22.5 Å². The van der Waals surface area contributed by atoms with Crippen molar-refractivity contribution in [1.82, 2.24) is 24.7 Å². The van der Waals surface area contributed by atoms with E-state index in [0.29, 0.717) is 36.5 Å². The van der Waals surface area contributed by atoms with E-state index in [1.54, 1.807) is 31.7 Å². The fourth-order valence-corrected chi connectivity index (χ4v) is 3.60. The summed E-state index contributed by atoms with van der Waals surface area (Å²) < 4.78 is 46.7. The Morgan fingerprint density at radius 1 is 1.28 bits per heavy atom. The Balaban J connectivity index is 1.76. The zero-order valence-corrected chi connectivity index (χ0v) is 16.2. The van der Waals surface area contributed by atoms with Crippen LogP contribution in [0.25, 0.3) is 5.65 Å². The topological polar surface area (TPSA) is 76.5 Å². The lowest BCUT2D eigenvalue weighted by Gasteiger charge is -2.21. The number of carbonyl (C=O) groups is 1. The van der Waals surface area contributed by atoms with Gasteiger partial charge in [-0.1, -0.05) is 19.0 Å². The van der Waals surface area contributed by atoms with Gasteiger partial charge >= 0.3 is 6.18 Å². The van der Waals surface area contributed by atoms with Crippen LogP contribution in [-0.2, 0) is 6.18 Å². The number of nitrogens with zero attached hydrogens (tertiary/aromatic N) is 5. The average Bonchev–Trinajstić information content (AvgIpc) is 3.37. The standard InChI is InChI=1S/C19H20F3N5O2/c1-10(2)12-8-16(19(20,21)22)27-17(23-12)9-13(24-27)14-5-4-6-26(14)18(28)15-7-11(3)25-29-15/h7-10,14H,4-6H2,1-3H3. The molecule has 1 aliphatic rings. The average molecular weight is 407 g/mol. The second-order valence-electron chi connectivity index (χ2n) is 7.55. The maximum absolute atomic E-state index is 13.6. The van der Waals surface area contributed by atoms with Gasteiger partial charge < -0.3 is 9.42 Å². The number of fused-ring (bicyclic) bond motifs is 1. The highest BCUT2D eigenvalue weighted by atomic mass is 19.4. The van der Waals surface area contributed by atoms with E-state index >= 15 is 0 Å². The van der Waals surface area contributed by atoms with Crippen LogP contribution in [0.15, 0.2) is 22.7 Å². The normalized spacial score (nSPS) is 17.6. The van der Waals surface area contributed by atoms with Gasteiger partial charge in [0, 0.05) is 24.4 Å². The maximum Gasteiger partial charge on any atom is 0.433 e. The van der Waals surface area contributed by atoms with E-state index in [-0.39, 0.29) is 23.2 Å². The Morgan fingerprint density at radius 3 is 2.66 bits per heavy atom. The third kappa shape index (κ3) is 3.47. The van der Waals surface area contributed by atoms with Crippen LogP contribution in [0.3, 0.4) is 0 Å². The molecule has 3 aromatic heterocycles. The summed E-state index contributed by atoms with van der Waals surface area (Å²) in [5, 5.41) is 7.92. The first-order valence-corrected chi connectivity index (χ1v) is 9.37.